The number of hydrogen-bond acceptors (Lipinski definition) is 3. The predicted molar refractivity (Wildman–Crippen MR) is 166 cm³/mol. The van der Waals surface area contributed by atoms with E-state index in [-0.39, 0.29) is 10.8 Å². The van der Waals surface area contributed by atoms with E-state index in [1.54, 1.807) is 0 Å². The fourth-order valence-electron chi connectivity index (χ4n) is 7.05. The second-order valence-electron chi connectivity index (χ2n) is 13.4. The molecule has 5 aliphatic rings. The standard InChI is InChI=1S/C37H39N3/c1-36(2)20-21-37(3,4)32-23-28(18-19-31(32)36)35-39-33(26-11-6-5-7-12-26)38-34(40-35)27-17-16-25-15-14-24-10-8-9-13-29(24)30(25)22-27/h5-6,9,11,13-19,22-23,25,30H,7-8,10,12,20-21H2,1-4H3. The van der Waals surface area contributed by atoms with Gasteiger partial charge in [-0.05, 0) is 83.3 Å². The number of hydrogen-bond donors (Lipinski definition) is 0. The lowest BCUT2D eigenvalue weighted by molar-refractivity contribution is 0.332. The van der Waals surface area contributed by atoms with Gasteiger partial charge in [-0.25, -0.2) is 15.0 Å². The van der Waals surface area contributed by atoms with Crippen molar-refractivity contribution in [2.45, 2.75) is 77.0 Å². The van der Waals surface area contributed by atoms with Gasteiger partial charge in [0.1, 0.15) is 0 Å². The summed E-state index contributed by atoms with van der Waals surface area (Å²) in [6.45, 7) is 9.51. The minimum Gasteiger partial charge on any atom is -0.209 e. The van der Waals surface area contributed by atoms with Crippen LogP contribution in [0.2, 0.25) is 0 Å². The number of rotatable bonds is 3. The van der Waals surface area contributed by atoms with Crippen molar-refractivity contribution in [3.8, 4) is 11.4 Å². The van der Waals surface area contributed by atoms with Gasteiger partial charge in [0.2, 0.25) is 0 Å². The Hall–Kier alpha value is -3.59. The Kier molecular flexibility index (Phi) is 6.03. The van der Waals surface area contributed by atoms with Gasteiger partial charge in [-0.3, -0.25) is 0 Å². The van der Waals surface area contributed by atoms with Gasteiger partial charge in [0, 0.05) is 23.0 Å². The number of allylic oxidation sites excluding steroid dienone is 14. The van der Waals surface area contributed by atoms with Gasteiger partial charge in [0.05, 0.1) is 0 Å². The number of benzene rings is 1. The molecule has 202 valence electrons. The van der Waals surface area contributed by atoms with Crippen molar-refractivity contribution < 1.29 is 0 Å². The molecule has 0 fully saturated rings. The van der Waals surface area contributed by atoms with Crippen LogP contribution in [-0.2, 0) is 10.8 Å². The summed E-state index contributed by atoms with van der Waals surface area (Å²) >= 11 is 0. The Morgan fingerprint density at radius 1 is 0.750 bits per heavy atom. The van der Waals surface area contributed by atoms with Crippen molar-refractivity contribution >= 4 is 11.1 Å². The van der Waals surface area contributed by atoms with Crippen molar-refractivity contribution in [1.29, 1.82) is 0 Å². The molecule has 0 bridgehead atoms. The third kappa shape index (κ3) is 4.40. The monoisotopic (exact) mass is 525 g/mol. The quantitative estimate of drug-likeness (QED) is 0.401. The van der Waals surface area contributed by atoms with Crippen LogP contribution in [0, 0.1) is 11.8 Å². The second-order valence-corrected chi connectivity index (χ2v) is 13.4. The molecule has 5 aliphatic carbocycles. The molecule has 2 unspecified atom stereocenters. The Morgan fingerprint density at radius 3 is 2.33 bits per heavy atom. The van der Waals surface area contributed by atoms with Crippen molar-refractivity contribution in [3.05, 3.63) is 113 Å². The fraction of sp³-hybridized carbons (Fsp3) is 0.378. The van der Waals surface area contributed by atoms with Crippen molar-refractivity contribution in [1.82, 2.24) is 15.0 Å². The summed E-state index contributed by atoms with van der Waals surface area (Å²) in [7, 11) is 0. The molecular formula is C37H39N3. The Labute approximate surface area is 239 Å². The number of nitrogens with zero attached hydrogens (tertiary/aromatic N) is 3. The Balaban J connectivity index is 1.35. The van der Waals surface area contributed by atoms with E-state index in [4.69, 9.17) is 15.0 Å². The molecule has 40 heavy (non-hydrogen) atoms. The molecule has 0 saturated heterocycles. The van der Waals surface area contributed by atoms with E-state index in [0.29, 0.717) is 11.8 Å². The maximum Gasteiger partial charge on any atom is 0.164 e. The zero-order valence-corrected chi connectivity index (χ0v) is 24.2. The minimum absolute atomic E-state index is 0.132. The first-order valence-corrected chi connectivity index (χ1v) is 15.0. The summed E-state index contributed by atoms with van der Waals surface area (Å²) < 4.78 is 0. The number of aromatic nitrogens is 3. The van der Waals surface area contributed by atoms with E-state index >= 15 is 0 Å². The van der Waals surface area contributed by atoms with Crippen LogP contribution >= 0.6 is 0 Å². The van der Waals surface area contributed by atoms with Gasteiger partial charge in [-0.1, -0.05) is 101 Å². The van der Waals surface area contributed by atoms with Gasteiger partial charge in [0.15, 0.2) is 17.5 Å². The molecule has 1 heterocycles. The molecule has 3 heteroatoms. The highest BCUT2D eigenvalue weighted by atomic mass is 15.0. The molecule has 3 nitrogen and oxygen atoms in total. The normalized spacial score (nSPS) is 25.6. The summed E-state index contributed by atoms with van der Waals surface area (Å²) in [6.07, 6.45) is 29.5. The predicted octanol–water partition coefficient (Wildman–Crippen LogP) is 9.02. The van der Waals surface area contributed by atoms with Gasteiger partial charge >= 0.3 is 0 Å². The zero-order chi connectivity index (χ0) is 27.5. The van der Waals surface area contributed by atoms with E-state index in [2.05, 4.69) is 107 Å². The van der Waals surface area contributed by atoms with Gasteiger partial charge in [-0.15, -0.1) is 0 Å². The molecule has 0 spiro atoms. The van der Waals surface area contributed by atoms with Crippen LogP contribution in [0.25, 0.3) is 22.5 Å². The van der Waals surface area contributed by atoms with E-state index in [0.717, 1.165) is 54.3 Å². The van der Waals surface area contributed by atoms with Crippen molar-refractivity contribution in [2.75, 3.05) is 0 Å². The SMILES string of the molecule is CC1(C)CCC(C)(C)c2cc(-c3nc(C4=CC5C6=C(C=CC5C=C4)CCC=C6)nc(C4=CC=CCC4)n3)ccc21. The minimum atomic E-state index is 0.132. The topological polar surface area (TPSA) is 38.7 Å². The van der Waals surface area contributed by atoms with Crippen molar-refractivity contribution in [2.24, 2.45) is 11.8 Å². The smallest absolute Gasteiger partial charge is 0.164 e. The highest BCUT2D eigenvalue weighted by Gasteiger charge is 2.37. The molecule has 0 N–H and O–H groups in total. The molecule has 0 aliphatic heterocycles. The third-order valence-corrected chi connectivity index (χ3v) is 9.70. The van der Waals surface area contributed by atoms with Crippen LogP contribution in [0.1, 0.15) is 89.0 Å². The lowest BCUT2D eigenvalue weighted by Crippen LogP contribution is -2.33. The van der Waals surface area contributed by atoms with Crippen LogP contribution in [0.15, 0.2) is 90.1 Å². The van der Waals surface area contributed by atoms with Gasteiger partial charge in [0.25, 0.3) is 0 Å². The van der Waals surface area contributed by atoms with Gasteiger partial charge < -0.3 is 0 Å². The molecule has 0 radical (unpaired) electrons. The summed E-state index contributed by atoms with van der Waals surface area (Å²) in [5.74, 6) is 3.08. The zero-order valence-electron chi connectivity index (χ0n) is 24.2. The molecule has 2 aromatic rings. The highest BCUT2D eigenvalue weighted by molar-refractivity contribution is 5.75. The highest BCUT2D eigenvalue weighted by Crippen LogP contribution is 2.47. The van der Waals surface area contributed by atoms with E-state index in [9.17, 15) is 0 Å². The van der Waals surface area contributed by atoms with E-state index < -0.39 is 0 Å². The summed E-state index contributed by atoms with van der Waals surface area (Å²) in [5, 5.41) is 0. The van der Waals surface area contributed by atoms with Crippen LogP contribution in [-0.4, -0.2) is 15.0 Å². The summed E-state index contributed by atoms with van der Waals surface area (Å²) in [4.78, 5) is 15.3. The average Bonchev–Trinajstić information content (AvgIpc) is 2.99. The first-order chi connectivity index (χ1) is 19.3. The van der Waals surface area contributed by atoms with Crippen LogP contribution in [0.3, 0.4) is 0 Å². The average molecular weight is 526 g/mol. The van der Waals surface area contributed by atoms with E-state index in [1.807, 2.05) is 0 Å². The van der Waals surface area contributed by atoms with E-state index in [1.165, 1.54) is 40.7 Å². The van der Waals surface area contributed by atoms with Crippen LogP contribution < -0.4 is 0 Å². The molecule has 2 atom stereocenters. The summed E-state index contributed by atoms with van der Waals surface area (Å²) in [6, 6.07) is 6.93. The number of fused-ring (bicyclic) bond motifs is 3. The largest absolute Gasteiger partial charge is 0.209 e. The molecule has 1 aromatic carbocycles. The van der Waals surface area contributed by atoms with Crippen molar-refractivity contribution in [3.63, 3.8) is 0 Å². The first kappa shape index (κ1) is 25.4. The Morgan fingerprint density at radius 2 is 1.50 bits per heavy atom. The molecule has 0 saturated carbocycles. The van der Waals surface area contributed by atoms with Crippen LogP contribution in [0.4, 0.5) is 0 Å². The maximum absolute atomic E-state index is 5.16. The molecule has 7 rings (SSSR count). The molecule has 1 aromatic heterocycles. The van der Waals surface area contributed by atoms with Gasteiger partial charge in [-0.2, -0.15) is 0 Å². The molecular weight excluding hydrogens is 486 g/mol. The van der Waals surface area contributed by atoms with Crippen LogP contribution in [0.5, 0.6) is 0 Å². The first-order valence-electron chi connectivity index (χ1n) is 15.0. The summed E-state index contributed by atoms with van der Waals surface area (Å²) in [5.41, 5.74) is 9.50. The Bertz CT molecular complexity index is 1600. The maximum atomic E-state index is 5.16. The lowest BCUT2D eigenvalue weighted by atomic mass is 9.63. The molecule has 0 amide bonds. The third-order valence-electron chi connectivity index (χ3n) is 9.70. The lowest BCUT2D eigenvalue weighted by Gasteiger charge is -2.42. The second kappa shape index (κ2) is 9.51. The fourth-order valence-corrected chi connectivity index (χ4v) is 7.05.